The van der Waals surface area contributed by atoms with Gasteiger partial charge >= 0.3 is 0 Å². The molecule has 0 saturated carbocycles. The Morgan fingerprint density at radius 3 is 2.84 bits per heavy atom. The van der Waals surface area contributed by atoms with Crippen LogP contribution in [0.25, 0.3) is 0 Å². The lowest BCUT2D eigenvalue weighted by molar-refractivity contribution is -0.122. The van der Waals surface area contributed by atoms with Gasteiger partial charge in [0.05, 0.1) is 12.6 Å². The topological polar surface area (TPSA) is 67.6 Å². The number of ether oxygens (including phenoxy) is 1. The second-order valence-corrected chi connectivity index (χ2v) is 5.87. The van der Waals surface area contributed by atoms with E-state index in [0.29, 0.717) is 19.0 Å². The third kappa shape index (κ3) is 6.89. The number of nitrogens with zero attached hydrogens (tertiary/aromatic N) is 1. The lowest BCUT2D eigenvalue weighted by atomic mass is 10.0. The molecule has 0 aliphatic carbocycles. The van der Waals surface area contributed by atoms with Crippen molar-refractivity contribution in [2.45, 2.75) is 45.3 Å². The van der Waals surface area contributed by atoms with Crippen molar-refractivity contribution in [1.29, 1.82) is 0 Å². The predicted molar refractivity (Wildman–Crippen MR) is 76.9 cm³/mol. The molecule has 2 unspecified atom stereocenters. The minimum atomic E-state index is 0.0659. The molecule has 5 nitrogen and oxygen atoms in total. The summed E-state index contributed by atoms with van der Waals surface area (Å²) < 4.78 is 5.47. The van der Waals surface area contributed by atoms with E-state index < -0.39 is 0 Å². The Hall–Kier alpha value is -0.650. The molecule has 1 saturated heterocycles. The molecule has 0 aromatic heterocycles. The van der Waals surface area contributed by atoms with Crippen LogP contribution in [-0.4, -0.2) is 56.2 Å². The van der Waals surface area contributed by atoms with Crippen molar-refractivity contribution in [3.05, 3.63) is 0 Å². The van der Waals surface area contributed by atoms with Gasteiger partial charge in [0, 0.05) is 19.2 Å². The summed E-state index contributed by atoms with van der Waals surface area (Å²) in [4.78, 5) is 13.8. The Kier molecular flexibility index (Phi) is 7.34. The van der Waals surface area contributed by atoms with E-state index in [1.165, 1.54) is 0 Å². The van der Waals surface area contributed by atoms with Crippen LogP contribution in [0.15, 0.2) is 0 Å². The van der Waals surface area contributed by atoms with Gasteiger partial charge in [-0.15, -0.1) is 0 Å². The highest BCUT2D eigenvalue weighted by molar-refractivity contribution is 5.77. The van der Waals surface area contributed by atoms with Crippen molar-refractivity contribution in [3.8, 4) is 0 Å². The number of hydrogen-bond acceptors (Lipinski definition) is 4. The van der Waals surface area contributed by atoms with Crippen LogP contribution in [0.3, 0.4) is 0 Å². The lowest BCUT2D eigenvalue weighted by Crippen LogP contribution is -2.40. The highest BCUT2D eigenvalue weighted by Gasteiger charge is 2.16. The number of nitrogens with two attached hydrogens (primary N) is 1. The van der Waals surface area contributed by atoms with Gasteiger partial charge in [-0.3, -0.25) is 9.69 Å². The van der Waals surface area contributed by atoms with Crippen LogP contribution in [0.5, 0.6) is 0 Å². The number of carbonyl (C=O) groups is 1. The largest absolute Gasteiger partial charge is 0.376 e. The second-order valence-electron chi connectivity index (χ2n) is 5.87. The van der Waals surface area contributed by atoms with Crippen molar-refractivity contribution in [1.82, 2.24) is 10.2 Å². The maximum absolute atomic E-state index is 11.7. The highest BCUT2D eigenvalue weighted by atomic mass is 16.5. The van der Waals surface area contributed by atoms with Gasteiger partial charge in [0.2, 0.25) is 5.91 Å². The van der Waals surface area contributed by atoms with E-state index in [4.69, 9.17) is 10.5 Å². The summed E-state index contributed by atoms with van der Waals surface area (Å²) in [5.41, 5.74) is 5.99. The van der Waals surface area contributed by atoms with E-state index >= 15 is 0 Å². The number of nitrogens with one attached hydrogen (secondary N) is 1. The van der Waals surface area contributed by atoms with Crippen LogP contribution in [0.4, 0.5) is 0 Å². The minimum Gasteiger partial charge on any atom is -0.376 e. The molecular weight excluding hydrogens is 242 g/mol. The molecule has 1 aliphatic rings. The third-order valence-electron chi connectivity index (χ3n) is 3.66. The molecule has 0 radical (unpaired) electrons. The van der Waals surface area contributed by atoms with E-state index in [9.17, 15) is 4.79 Å². The van der Waals surface area contributed by atoms with Crippen LogP contribution in [0.2, 0.25) is 0 Å². The first kappa shape index (κ1) is 16.4. The predicted octanol–water partition coefficient (Wildman–Crippen LogP) is 0.587. The first-order valence-corrected chi connectivity index (χ1v) is 7.31. The van der Waals surface area contributed by atoms with Gasteiger partial charge in [-0.05, 0) is 38.8 Å². The Bertz CT molecular complexity index is 265. The zero-order valence-electron chi connectivity index (χ0n) is 12.5. The Balaban J connectivity index is 2.09. The molecule has 19 heavy (non-hydrogen) atoms. The van der Waals surface area contributed by atoms with Gasteiger partial charge in [-0.25, -0.2) is 0 Å². The summed E-state index contributed by atoms with van der Waals surface area (Å²) in [6, 6.07) is 0.206. The first-order chi connectivity index (χ1) is 8.99. The fraction of sp³-hybridized carbons (Fsp3) is 0.929. The van der Waals surface area contributed by atoms with Crippen LogP contribution < -0.4 is 11.1 Å². The van der Waals surface area contributed by atoms with Gasteiger partial charge in [-0.2, -0.15) is 0 Å². The number of likely N-dealkylation sites (N-methyl/N-ethyl adjacent to an activating group) is 1. The van der Waals surface area contributed by atoms with Crippen molar-refractivity contribution in [2.24, 2.45) is 11.7 Å². The van der Waals surface area contributed by atoms with Gasteiger partial charge in [0.15, 0.2) is 0 Å². The fourth-order valence-electron chi connectivity index (χ4n) is 2.12. The van der Waals surface area contributed by atoms with Crippen molar-refractivity contribution in [2.75, 3.05) is 33.3 Å². The maximum atomic E-state index is 11.7. The van der Waals surface area contributed by atoms with E-state index in [2.05, 4.69) is 19.2 Å². The molecule has 5 heteroatoms. The fourth-order valence-corrected chi connectivity index (χ4v) is 2.12. The highest BCUT2D eigenvalue weighted by Crippen LogP contribution is 2.10. The molecule has 2 atom stereocenters. The Morgan fingerprint density at radius 2 is 2.26 bits per heavy atom. The summed E-state index contributed by atoms with van der Waals surface area (Å²) in [5, 5.41) is 2.93. The van der Waals surface area contributed by atoms with Gasteiger partial charge < -0.3 is 15.8 Å². The van der Waals surface area contributed by atoms with Crippen LogP contribution in [-0.2, 0) is 9.53 Å². The van der Waals surface area contributed by atoms with Gasteiger partial charge in [0.25, 0.3) is 0 Å². The average molecular weight is 271 g/mol. The van der Waals surface area contributed by atoms with Crippen LogP contribution >= 0.6 is 0 Å². The van der Waals surface area contributed by atoms with Crippen molar-refractivity contribution < 1.29 is 9.53 Å². The zero-order chi connectivity index (χ0) is 14.3. The summed E-state index contributed by atoms with van der Waals surface area (Å²) in [5.74, 6) is 0.554. The van der Waals surface area contributed by atoms with Gasteiger partial charge in [0.1, 0.15) is 0 Å². The normalized spacial score (nSPS) is 21.1. The zero-order valence-corrected chi connectivity index (χ0v) is 12.5. The SMILES string of the molecule is CC(C)C(N)CCN(C)CC(=O)NCC1CCCO1. The summed E-state index contributed by atoms with van der Waals surface area (Å²) >= 11 is 0. The Morgan fingerprint density at radius 1 is 1.53 bits per heavy atom. The Labute approximate surface area is 116 Å². The smallest absolute Gasteiger partial charge is 0.234 e. The number of rotatable bonds is 8. The quantitative estimate of drug-likeness (QED) is 0.678. The van der Waals surface area contributed by atoms with E-state index in [0.717, 1.165) is 32.4 Å². The standard InChI is InChI=1S/C14H29N3O2/c1-11(2)13(15)6-7-17(3)10-14(18)16-9-12-5-4-8-19-12/h11-13H,4-10,15H2,1-3H3,(H,16,18). The molecular formula is C14H29N3O2. The molecule has 1 aliphatic heterocycles. The molecule has 0 bridgehead atoms. The third-order valence-corrected chi connectivity index (χ3v) is 3.66. The number of amides is 1. The van der Waals surface area contributed by atoms with E-state index in [-0.39, 0.29) is 18.1 Å². The van der Waals surface area contributed by atoms with Crippen molar-refractivity contribution in [3.63, 3.8) is 0 Å². The maximum Gasteiger partial charge on any atom is 0.234 e. The molecule has 1 fully saturated rings. The first-order valence-electron chi connectivity index (χ1n) is 7.31. The molecule has 1 rings (SSSR count). The number of carbonyl (C=O) groups excluding carboxylic acids is 1. The second kappa shape index (κ2) is 8.51. The lowest BCUT2D eigenvalue weighted by Gasteiger charge is -2.21. The summed E-state index contributed by atoms with van der Waals surface area (Å²) in [6.07, 6.45) is 3.30. The molecule has 1 heterocycles. The minimum absolute atomic E-state index is 0.0659. The van der Waals surface area contributed by atoms with Gasteiger partial charge in [-0.1, -0.05) is 13.8 Å². The van der Waals surface area contributed by atoms with Crippen LogP contribution in [0.1, 0.15) is 33.1 Å². The van der Waals surface area contributed by atoms with E-state index in [1.54, 1.807) is 0 Å². The molecule has 0 aromatic rings. The van der Waals surface area contributed by atoms with E-state index in [1.807, 2.05) is 11.9 Å². The average Bonchev–Trinajstić information content (AvgIpc) is 2.86. The molecule has 1 amide bonds. The summed E-state index contributed by atoms with van der Waals surface area (Å²) in [7, 11) is 1.96. The molecule has 112 valence electrons. The van der Waals surface area contributed by atoms with Crippen molar-refractivity contribution >= 4 is 5.91 Å². The molecule has 0 aromatic carbocycles. The monoisotopic (exact) mass is 271 g/mol. The summed E-state index contributed by atoms with van der Waals surface area (Å²) in [6.45, 7) is 6.99. The number of hydrogen-bond donors (Lipinski definition) is 2. The molecule has 0 spiro atoms. The molecule has 3 N–H and O–H groups in total. The van der Waals surface area contributed by atoms with Crippen LogP contribution in [0, 0.1) is 5.92 Å².